The Kier molecular flexibility index (Phi) is 1.86. The largest absolute Gasteiger partial charge is 0.383 e. The van der Waals surface area contributed by atoms with Crippen molar-refractivity contribution in [2.45, 2.75) is 6.92 Å². The molecule has 12 heavy (non-hydrogen) atoms. The van der Waals surface area contributed by atoms with Crippen molar-refractivity contribution in [3.05, 3.63) is 21.7 Å². The van der Waals surface area contributed by atoms with Crippen molar-refractivity contribution in [1.82, 2.24) is 4.98 Å². The summed E-state index contributed by atoms with van der Waals surface area (Å²) in [7, 11) is 0. The molecular weight excluding hydrogens is 188 g/mol. The van der Waals surface area contributed by atoms with Crippen molar-refractivity contribution < 1.29 is 0 Å². The van der Waals surface area contributed by atoms with Crippen LogP contribution in [0.5, 0.6) is 0 Å². The van der Waals surface area contributed by atoms with Gasteiger partial charge in [0, 0.05) is 15.8 Å². The van der Waals surface area contributed by atoms with Crippen molar-refractivity contribution in [1.29, 1.82) is 0 Å². The van der Waals surface area contributed by atoms with Gasteiger partial charge in [-0.1, -0.05) is 0 Å². The predicted molar refractivity (Wildman–Crippen MR) is 54.6 cm³/mol. The van der Waals surface area contributed by atoms with Crippen LogP contribution in [0.3, 0.4) is 0 Å². The van der Waals surface area contributed by atoms with E-state index in [1.165, 1.54) is 5.56 Å². The van der Waals surface area contributed by atoms with E-state index in [4.69, 9.17) is 5.73 Å². The first-order valence-electron chi connectivity index (χ1n) is 3.53. The van der Waals surface area contributed by atoms with Gasteiger partial charge in [0.15, 0.2) is 0 Å². The normalized spacial score (nSPS) is 10.4. The van der Waals surface area contributed by atoms with Gasteiger partial charge in [-0.15, -0.1) is 11.3 Å². The molecule has 0 radical (unpaired) electrons. The molecule has 0 saturated carbocycles. The Balaban J connectivity index is 2.48. The molecule has 0 aromatic carbocycles. The Bertz CT molecular complexity index is 356. The van der Waals surface area contributed by atoms with Gasteiger partial charge in [0.1, 0.15) is 10.8 Å². The molecule has 0 aliphatic carbocycles. The number of nitrogens with zero attached hydrogens (tertiary/aromatic N) is 1. The third kappa shape index (κ3) is 1.23. The first kappa shape index (κ1) is 7.76. The number of nitrogen functional groups attached to an aromatic ring is 1. The zero-order valence-corrected chi connectivity index (χ0v) is 8.21. The fourth-order valence-electron chi connectivity index (χ4n) is 0.918. The van der Waals surface area contributed by atoms with Crippen molar-refractivity contribution in [3.63, 3.8) is 0 Å². The van der Waals surface area contributed by atoms with Crippen molar-refractivity contribution in [3.8, 4) is 10.6 Å². The van der Waals surface area contributed by atoms with E-state index in [1.807, 2.05) is 12.3 Å². The summed E-state index contributed by atoms with van der Waals surface area (Å²) in [5, 5.41) is 5.14. The molecule has 0 amide bonds. The smallest absolute Gasteiger partial charge is 0.138 e. The molecule has 0 aliphatic rings. The highest BCUT2D eigenvalue weighted by Crippen LogP contribution is 2.29. The fourth-order valence-corrected chi connectivity index (χ4v) is 2.46. The zero-order valence-electron chi connectivity index (χ0n) is 6.57. The quantitative estimate of drug-likeness (QED) is 0.761. The number of thiophene rings is 1. The van der Waals surface area contributed by atoms with Crippen molar-refractivity contribution in [2.24, 2.45) is 0 Å². The lowest BCUT2D eigenvalue weighted by atomic mass is 10.4. The number of thiazole rings is 1. The van der Waals surface area contributed by atoms with Crippen LogP contribution < -0.4 is 5.73 Å². The molecule has 0 saturated heterocycles. The molecular formula is C8H8N2S2. The van der Waals surface area contributed by atoms with E-state index < -0.39 is 0 Å². The molecule has 0 atom stereocenters. The number of nitrogens with two attached hydrogens (primary N) is 1. The summed E-state index contributed by atoms with van der Waals surface area (Å²) >= 11 is 3.32. The highest BCUT2D eigenvalue weighted by molar-refractivity contribution is 7.16. The number of hydrogen-bond donors (Lipinski definition) is 1. The number of aryl methyl sites for hydroxylation is 1. The standard InChI is InChI=1S/C8H8N2S2/c1-5-7(9)10-8(12-5)6-2-3-11-4-6/h2-4H,9H2,1H3. The number of hydrogen-bond acceptors (Lipinski definition) is 4. The molecule has 0 spiro atoms. The van der Waals surface area contributed by atoms with Crippen LogP contribution in [0.15, 0.2) is 16.8 Å². The van der Waals surface area contributed by atoms with Gasteiger partial charge in [0.05, 0.1) is 0 Å². The average molecular weight is 196 g/mol. The van der Waals surface area contributed by atoms with Crippen LogP contribution in [0.25, 0.3) is 10.6 Å². The summed E-state index contributed by atoms with van der Waals surface area (Å²) < 4.78 is 0. The lowest BCUT2D eigenvalue weighted by Crippen LogP contribution is -1.85. The monoisotopic (exact) mass is 196 g/mol. The summed E-state index contributed by atoms with van der Waals surface area (Å²) in [6, 6.07) is 2.06. The Labute approximate surface area is 78.7 Å². The van der Waals surface area contributed by atoms with Crippen LogP contribution in [0, 0.1) is 6.92 Å². The number of aromatic nitrogens is 1. The zero-order chi connectivity index (χ0) is 8.55. The molecule has 0 unspecified atom stereocenters. The van der Waals surface area contributed by atoms with E-state index in [-0.39, 0.29) is 0 Å². The molecule has 2 rings (SSSR count). The lowest BCUT2D eigenvalue weighted by Gasteiger charge is -1.84. The van der Waals surface area contributed by atoms with Crippen LogP contribution in [-0.4, -0.2) is 4.98 Å². The summed E-state index contributed by atoms with van der Waals surface area (Å²) in [6.45, 7) is 1.99. The molecule has 4 heteroatoms. The van der Waals surface area contributed by atoms with E-state index >= 15 is 0 Å². The summed E-state index contributed by atoms with van der Waals surface area (Å²) in [5.41, 5.74) is 6.82. The Morgan fingerprint density at radius 3 is 2.83 bits per heavy atom. The predicted octanol–water partition coefficient (Wildman–Crippen LogP) is 2.76. The van der Waals surface area contributed by atoms with E-state index in [1.54, 1.807) is 22.7 Å². The molecule has 62 valence electrons. The van der Waals surface area contributed by atoms with Gasteiger partial charge in [-0.3, -0.25) is 0 Å². The van der Waals surface area contributed by atoms with Gasteiger partial charge in [0.25, 0.3) is 0 Å². The highest BCUT2D eigenvalue weighted by atomic mass is 32.1. The molecule has 2 N–H and O–H groups in total. The van der Waals surface area contributed by atoms with Gasteiger partial charge in [-0.2, -0.15) is 11.3 Å². The Morgan fingerprint density at radius 1 is 1.50 bits per heavy atom. The third-order valence-electron chi connectivity index (χ3n) is 1.60. The molecule has 0 aliphatic heterocycles. The first-order valence-corrected chi connectivity index (χ1v) is 5.29. The molecule has 0 bridgehead atoms. The minimum Gasteiger partial charge on any atom is -0.383 e. The minimum atomic E-state index is 0.654. The summed E-state index contributed by atoms with van der Waals surface area (Å²) in [6.07, 6.45) is 0. The molecule has 2 nitrogen and oxygen atoms in total. The van der Waals surface area contributed by atoms with E-state index in [2.05, 4.69) is 16.4 Å². The lowest BCUT2D eigenvalue weighted by molar-refractivity contribution is 1.39. The van der Waals surface area contributed by atoms with Crippen molar-refractivity contribution in [2.75, 3.05) is 5.73 Å². The molecule has 2 aromatic rings. The molecule has 0 fully saturated rings. The fraction of sp³-hybridized carbons (Fsp3) is 0.125. The van der Waals surface area contributed by atoms with Crippen LogP contribution in [0.2, 0.25) is 0 Å². The van der Waals surface area contributed by atoms with Gasteiger partial charge >= 0.3 is 0 Å². The van der Waals surface area contributed by atoms with Crippen LogP contribution in [0.1, 0.15) is 4.88 Å². The van der Waals surface area contributed by atoms with E-state index in [9.17, 15) is 0 Å². The second kappa shape index (κ2) is 2.88. The minimum absolute atomic E-state index is 0.654. The maximum atomic E-state index is 5.65. The average Bonchev–Trinajstić information content (AvgIpc) is 2.61. The topological polar surface area (TPSA) is 38.9 Å². The second-order valence-corrected chi connectivity index (χ2v) is 4.46. The van der Waals surface area contributed by atoms with Gasteiger partial charge < -0.3 is 5.73 Å². The second-order valence-electron chi connectivity index (χ2n) is 2.47. The maximum Gasteiger partial charge on any atom is 0.138 e. The number of rotatable bonds is 1. The SMILES string of the molecule is Cc1sc(-c2ccsc2)nc1N. The molecule has 2 heterocycles. The van der Waals surface area contributed by atoms with Gasteiger partial charge in [-0.25, -0.2) is 4.98 Å². The van der Waals surface area contributed by atoms with Crippen molar-refractivity contribution >= 4 is 28.5 Å². The summed E-state index contributed by atoms with van der Waals surface area (Å²) in [5.74, 6) is 0.654. The van der Waals surface area contributed by atoms with Gasteiger partial charge in [-0.05, 0) is 18.4 Å². The molecule has 2 aromatic heterocycles. The number of anilines is 1. The van der Waals surface area contributed by atoms with Gasteiger partial charge in [0.2, 0.25) is 0 Å². The maximum absolute atomic E-state index is 5.65. The van der Waals surface area contributed by atoms with E-state index in [0.29, 0.717) is 5.82 Å². The third-order valence-corrected chi connectivity index (χ3v) is 3.32. The highest BCUT2D eigenvalue weighted by Gasteiger charge is 2.05. The van der Waals surface area contributed by atoms with E-state index in [0.717, 1.165) is 9.88 Å². The Hall–Kier alpha value is -0.870. The van der Waals surface area contributed by atoms with Crippen LogP contribution in [-0.2, 0) is 0 Å². The van der Waals surface area contributed by atoms with Crippen LogP contribution >= 0.6 is 22.7 Å². The summed E-state index contributed by atoms with van der Waals surface area (Å²) in [4.78, 5) is 5.35. The first-order chi connectivity index (χ1) is 5.77. The van der Waals surface area contributed by atoms with Crippen LogP contribution in [0.4, 0.5) is 5.82 Å². The Morgan fingerprint density at radius 2 is 2.33 bits per heavy atom.